The Balaban J connectivity index is 2.07. The number of hydrogen-bond acceptors (Lipinski definition) is 4. The minimum Gasteiger partial charge on any atom is -0.480 e. The highest BCUT2D eigenvalue weighted by Crippen LogP contribution is 2.35. The van der Waals surface area contributed by atoms with E-state index < -0.39 is 33.0 Å². The average Bonchev–Trinajstić information content (AvgIpc) is 3.09. The molecule has 8 heteroatoms. The van der Waals surface area contributed by atoms with Crippen LogP contribution >= 0.6 is 11.6 Å². The fourth-order valence-electron chi connectivity index (χ4n) is 1.72. The molecule has 0 aliphatic heterocycles. The normalized spacial score (nSPS) is 16.4. The summed E-state index contributed by atoms with van der Waals surface area (Å²) in [4.78, 5) is 22.6. The lowest BCUT2D eigenvalue weighted by atomic mass is 10.3. The van der Waals surface area contributed by atoms with Crippen molar-refractivity contribution in [2.75, 3.05) is 5.75 Å². The second kappa shape index (κ2) is 5.06. The van der Waals surface area contributed by atoms with E-state index in [4.69, 9.17) is 16.7 Å². The van der Waals surface area contributed by atoms with E-state index in [-0.39, 0.29) is 4.90 Å². The zero-order valence-corrected chi connectivity index (χ0v) is 11.9. The van der Waals surface area contributed by atoms with Crippen LogP contribution in [0.3, 0.4) is 0 Å². The molecule has 0 radical (unpaired) electrons. The van der Waals surface area contributed by atoms with Gasteiger partial charge in [-0.15, -0.1) is 0 Å². The second-order valence-electron chi connectivity index (χ2n) is 4.65. The van der Waals surface area contributed by atoms with E-state index in [2.05, 4.69) is 5.32 Å². The number of carboxylic acid groups (broad SMARTS) is 1. The summed E-state index contributed by atoms with van der Waals surface area (Å²) in [6.07, 6.45) is 0.629. The van der Waals surface area contributed by atoms with Crippen molar-refractivity contribution in [3.63, 3.8) is 0 Å². The molecule has 1 fully saturated rings. The van der Waals surface area contributed by atoms with Crippen LogP contribution in [0.15, 0.2) is 29.2 Å². The fourth-order valence-corrected chi connectivity index (χ4v) is 2.98. The molecule has 0 saturated heterocycles. The van der Waals surface area contributed by atoms with Crippen LogP contribution in [0.5, 0.6) is 0 Å². The van der Waals surface area contributed by atoms with Crippen molar-refractivity contribution in [3.8, 4) is 0 Å². The third-order valence-electron chi connectivity index (χ3n) is 3.03. The van der Waals surface area contributed by atoms with Crippen LogP contribution in [0, 0.1) is 0 Å². The summed E-state index contributed by atoms with van der Waals surface area (Å²) in [6.45, 7) is 0. The highest BCUT2D eigenvalue weighted by atomic mass is 35.5. The first-order valence-electron chi connectivity index (χ1n) is 5.78. The molecule has 1 aliphatic rings. The van der Waals surface area contributed by atoms with Gasteiger partial charge in [-0.05, 0) is 37.1 Å². The third-order valence-corrected chi connectivity index (χ3v) is 4.92. The largest absolute Gasteiger partial charge is 0.480 e. The van der Waals surface area contributed by atoms with Crippen LogP contribution < -0.4 is 5.32 Å². The van der Waals surface area contributed by atoms with Gasteiger partial charge in [0.15, 0.2) is 9.84 Å². The molecule has 20 heavy (non-hydrogen) atoms. The van der Waals surface area contributed by atoms with Crippen molar-refractivity contribution >= 4 is 33.3 Å². The van der Waals surface area contributed by atoms with Crippen LogP contribution in [-0.2, 0) is 19.4 Å². The number of amides is 1. The molecule has 1 aliphatic carbocycles. The number of carbonyl (C=O) groups is 2. The molecule has 1 aromatic rings. The molecule has 0 spiro atoms. The number of aliphatic carboxylic acids is 1. The van der Waals surface area contributed by atoms with Gasteiger partial charge in [-0.25, -0.2) is 13.2 Å². The smallest absolute Gasteiger partial charge is 0.329 e. The summed E-state index contributed by atoms with van der Waals surface area (Å²) in [6, 6.07) is 5.42. The van der Waals surface area contributed by atoms with Gasteiger partial charge in [-0.2, -0.15) is 0 Å². The first kappa shape index (κ1) is 14.8. The van der Waals surface area contributed by atoms with E-state index in [9.17, 15) is 18.0 Å². The first-order valence-corrected chi connectivity index (χ1v) is 7.81. The SMILES string of the molecule is O=C(CS(=O)(=O)c1ccc(Cl)cc1)NC1(C(=O)O)CC1. The fraction of sp³-hybridized carbons (Fsp3) is 0.333. The molecule has 2 N–H and O–H groups in total. The van der Waals surface area contributed by atoms with Gasteiger partial charge in [0.2, 0.25) is 5.91 Å². The van der Waals surface area contributed by atoms with Gasteiger partial charge in [-0.1, -0.05) is 11.6 Å². The summed E-state index contributed by atoms with van der Waals surface area (Å²) in [7, 11) is -3.81. The number of sulfone groups is 1. The minimum atomic E-state index is -3.81. The van der Waals surface area contributed by atoms with E-state index in [1.165, 1.54) is 24.3 Å². The molecule has 1 aromatic carbocycles. The molecule has 0 unspecified atom stereocenters. The Morgan fingerprint density at radius 1 is 1.25 bits per heavy atom. The Morgan fingerprint density at radius 3 is 2.25 bits per heavy atom. The molecule has 2 rings (SSSR count). The summed E-state index contributed by atoms with van der Waals surface area (Å²) in [5.41, 5.74) is -1.29. The zero-order valence-electron chi connectivity index (χ0n) is 10.3. The summed E-state index contributed by atoms with van der Waals surface area (Å²) in [5.74, 6) is -2.75. The van der Waals surface area contributed by atoms with Crippen molar-refractivity contribution in [3.05, 3.63) is 29.3 Å². The quantitative estimate of drug-likeness (QED) is 0.838. The predicted molar refractivity (Wildman–Crippen MR) is 71.2 cm³/mol. The molecule has 1 amide bonds. The van der Waals surface area contributed by atoms with Crippen LogP contribution in [0.1, 0.15) is 12.8 Å². The Hall–Kier alpha value is -1.60. The van der Waals surface area contributed by atoms with Crippen molar-refractivity contribution in [2.45, 2.75) is 23.3 Å². The number of halogens is 1. The molecule has 108 valence electrons. The summed E-state index contributed by atoms with van der Waals surface area (Å²) >= 11 is 5.66. The molecule has 1 saturated carbocycles. The van der Waals surface area contributed by atoms with Crippen LogP contribution in [0.2, 0.25) is 5.02 Å². The number of hydrogen-bond donors (Lipinski definition) is 2. The first-order chi connectivity index (χ1) is 9.25. The third kappa shape index (κ3) is 3.10. The number of benzene rings is 1. The van der Waals surface area contributed by atoms with E-state index >= 15 is 0 Å². The molecule has 0 heterocycles. The van der Waals surface area contributed by atoms with Crippen LogP contribution in [0.4, 0.5) is 0 Å². The molecule has 6 nitrogen and oxygen atoms in total. The second-order valence-corrected chi connectivity index (χ2v) is 7.07. The van der Waals surface area contributed by atoms with E-state index in [1.807, 2.05) is 0 Å². The predicted octanol–water partition coefficient (Wildman–Crippen LogP) is 0.847. The van der Waals surface area contributed by atoms with E-state index in [1.54, 1.807) is 0 Å². The number of carboxylic acids is 1. The number of nitrogens with one attached hydrogen (secondary N) is 1. The molecular weight excluding hydrogens is 306 g/mol. The Bertz CT molecular complexity index is 649. The Labute approximate surface area is 120 Å². The zero-order chi connectivity index (χ0) is 15.0. The van der Waals surface area contributed by atoms with Gasteiger partial charge in [0.1, 0.15) is 11.3 Å². The van der Waals surface area contributed by atoms with E-state index in [0.717, 1.165) is 0 Å². The summed E-state index contributed by atoms with van der Waals surface area (Å²) < 4.78 is 24.0. The van der Waals surface area contributed by atoms with Crippen molar-refractivity contribution in [2.24, 2.45) is 0 Å². The maximum absolute atomic E-state index is 12.0. The lowest BCUT2D eigenvalue weighted by molar-refractivity contribution is -0.142. The lowest BCUT2D eigenvalue weighted by Crippen LogP contribution is -2.45. The summed E-state index contributed by atoms with van der Waals surface area (Å²) in [5, 5.41) is 11.6. The highest BCUT2D eigenvalue weighted by molar-refractivity contribution is 7.92. The molecular formula is C12H12ClNO5S. The molecule has 0 bridgehead atoms. The topological polar surface area (TPSA) is 101 Å². The van der Waals surface area contributed by atoms with E-state index in [0.29, 0.717) is 17.9 Å². The van der Waals surface area contributed by atoms with Crippen molar-refractivity contribution in [1.29, 1.82) is 0 Å². The van der Waals surface area contributed by atoms with Gasteiger partial charge in [-0.3, -0.25) is 4.79 Å². The van der Waals surface area contributed by atoms with Gasteiger partial charge in [0.25, 0.3) is 0 Å². The van der Waals surface area contributed by atoms with Gasteiger partial charge in [0, 0.05) is 5.02 Å². The average molecular weight is 318 g/mol. The monoisotopic (exact) mass is 317 g/mol. The Kier molecular flexibility index (Phi) is 3.75. The lowest BCUT2D eigenvalue weighted by Gasteiger charge is -2.12. The highest BCUT2D eigenvalue weighted by Gasteiger charge is 2.51. The standard InChI is InChI=1S/C12H12ClNO5S/c13-8-1-3-9(4-2-8)20(18,19)7-10(15)14-12(5-6-12)11(16)17/h1-4H,5-7H2,(H,14,15)(H,16,17). The maximum Gasteiger partial charge on any atom is 0.329 e. The molecule has 0 atom stereocenters. The molecule has 0 aromatic heterocycles. The maximum atomic E-state index is 12.0. The van der Waals surface area contributed by atoms with Crippen LogP contribution in [-0.4, -0.2) is 36.7 Å². The van der Waals surface area contributed by atoms with Gasteiger partial charge in [0.05, 0.1) is 4.90 Å². The van der Waals surface area contributed by atoms with Crippen LogP contribution in [0.25, 0.3) is 0 Å². The van der Waals surface area contributed by atoms with Crippen molar-refractivity contribution in [1.82, 2.24) is 5.32 Å². The Morgan fingerprint density at radius 2 is 1.80 bits per heavy atom. The van der Waals surface area contributed by atoms with Gasteiger partial charge >= 0.3 is 5.97 Å². The van der Waals surface area contributed by atoms with Gasteiger partial charge < -0.3 is 10.4 Å². The minimum absolute atomic E-state index is 0.0304. The van der Waals surface area contributed by atoms with Crippen molar-refractivity contribution < 1.29 is 23.1 Å². The number of carbonyl (C=O) groups excluding carboxylic acids is 1. The number of rotatable bonds is 5.